The molecule has 1 unspecified atom stereocenters. The lowest BCUT2D eigenvalue weighted by molar-refractivity contribution is -0.133. The zero-order valence-corrected chi connectivity index (χ0v) is 12.8. The van der Waals surface area contributed by atoms with Crippen LogP contribution in [0.5, 0.6) is 0 Å². The minimum absolute atomic E-state index is 0.365. The first-order valence-electron chi connectivity index (χ1n) is 7.80. The first kappa shape index (κ1) is 14.8. The Kier molecular flexibility index (Phi) is 5.22. The number of hydrogen-bond donors (Lipinski definition) is 0. The second-order valence-electron chi connectivity index (χ2n) is 6.33. The number of nitrogens with zero attached hydrogens (tertiary/aromatic N) is 3. The van der Waals surface area contributed by atoms with Crippen molar-refractivity contribution in [1.29, 1.82) is 0 Å². The first-order chi connectivity index (χ1) is 9.08. The van der Waals surface area contributed by atoms with Crippen LogP contribution in [0.25, 0.3) is 0 Å². The highest BCUT2D eigenvalue weighted by molar-refractivity contribution is 5.76. The molecule has 1 amide bonds. The monoisotopic (exact) mass is 267 g/mol. The summed E-state index contributed by atoms with van der Waals surface area (Å²) in [5, 5.41) is 0. The Bertz CT molecular complexity index is 298. The second-order valence-corrected chi connectivity index (χ2v) is 6.33. The third-order valence-electron chi connectivity index (χ3n) is 4.76. The van der Waals surface area contributed by atoms with Crippen LogP contribution in [0.3, 0.4) is 0 Å². The molecule has 2 saturated heterocycles. The Morgan fingerprint density at radius 3 is 2.37 bits per heavy atom. The highest BCUT2D eigenvalue weighted by Crippen LogP contribution is 2.19. The van der Waals surface area contributed by atoms with Crippen LogP contribution in [0.4, 0.5) is 0 Å². The lowest BCUT2D eigenvalue weighted by Crippen LogP contribution is -2.50. The standard InChI is InChI=1S/C15H29N3O/c1-13(2)17-9-11-18(12-10-17)15(19)7-6-14-5-4-8-16(14)3/h13-14H,4-12H2,1-3H3. The van der Waals surface area contributed by atoms with E-state index in [0.29, 0.717) is 18.0 Å². The molecule has 0 aromatic heterocycles. The lowest BCUT2D eigenvalue weighted by Gasteiger charge is -2.37. The maximum absolute atomic E-state index is 12.2. The van der Waals surface area contributed by atoms with E-state index in [1.165, 1.54) is 19.4 Å². The predicted molar refractivity (Wildman–Crippen MR) is 78.2 cm³/mol. The lowest BCUT2D eigenvalue weighted by atomic mass is 10.1. The second kappa shape index (κ2) is 6.71. The van der Waals surface area contributed by atoms with Crippen molar-refractivity contribution in [3.63, 3.8) is 0 Å². The minimum Gasteiger partial charge on any atom is -0.340 e. The molecule has 0 saturated carbocycles. The van der Waals surface area contributed by atoms with Gasteiger partial charge in [0, 0.05) is 44.7 Å². The number of carbonyl (C=O) groups excluding carboxylic acids is 1. The van der Waals surface area contributed by atoms with Crippen molar-refractivity contribution in [2.24, 2.45) is 0 Å². The van der Waals surface area contributed by atoms with Gasteiger partial charge < -0.3 is 9.80 Å². The molecule has 0 spiro atoms. The van der Waals surface area contributed by atoms with Gasteiger partial charge in [0.2, 0.25) is 5.91 Å². The van der Waals surface area contributed by atoms with Gasteiger partial charge in [-0.2, -0.15) is 0 Å². The van der Waals surface area contributed by atoms with Gasteiger partial charge in [-0.25, -0.2) is 0 Å². The van der Waals surface area contributed by atoms with Gasteiger partial charge >= 0.3 is 0 Å². The van der Waals surface area contributed by atoms with E-state index in [0.717, 1.165) is 39.0 Å². The van der Waals surface area contributed by atoms with Crippen LogP contribution in [0.2, 0.25) is 0 Å². The van der Waals surface area contributed by atoms with Crippen molar-refractivity contribution in [2.75, 3.05) is 39.8 Å². The average Bonchev–Trinajstić information content (AvgIpc) is 2.81. The summed E-state index contributed by atoms with van der Waals surface area (Å²) in [7, 11) is 2.18. The van der Waals surface area contributed by atoms with E-state index in [-0.39, 0.29) is 0 Å². The fourth-order valence-electron chi connectivity index (χ4n) is 3.28. The minimum atomic E-state index is 0.365. The molecule has 2 fully saturated rings. The van der Waals surface area contributed by atoms with Gasteiger partial charge in [-0.15, -0.1) is 0 Å². The molecular weight excluding hydrogens is 238 g/mol. The molecule has 4 nitrogen and oxygen atoms in total. The van der Waals surface area contributed by atoms with Gasteiger partial charge in [0.1, 0.15) is 0 Å². The quantitative estimate of drug-likeness (QED) is 0.770. The SMILES string of the molecule is CC(C)N1CCN(C(=O)CCC2CCCN2C)CC1. The molecule has 0 aromatic rings. The molecule has 4 heteroatoms. The molecule has 19 heavy (non-hydrogen) atoms. The highest BCUT2D eigenvalue weighted by atomic mass is 16.2. The molecule has 110 valence electrons. The summed E-state index contributed by atoms with van der Waals surface area (Å²) in [4.78, 5) is 19.1. The summed E-state index contributed by atoms with van der Waals surface area (Å²) in [6.45, 7) is 9.56. The van der Waals surface area contributed by atoms with Crippen molar-refractivity contribution in [3.05, 3.63) is 0 Å². The van der Waals surface area contributed by atoms with Gasteiger partial charge in [-0.1, -0.05) is 0 Å². The number of likely N-dealkylation sites (tertiary alicyclic amines) is 1. The largest absolute Gasteiger partial charge is 0.340 e. The smallest absolute Gasteiger partial charge is 0.222 e. The highest BCUT2D eigenvalue weighted by Gasteiger charge is 2.25. The number of carbonyl (C=O) groups is 1. The van der Waals surface area contributed by atoms with Gasteiger partial charge in [0.25, 0.3) is 0 Å². The maximum atomic E-state index is 12.2. The zero-order chi connectivity index (χ0) is 13.8. The first-order valence-corrected chi connectivity index (χ1v) is 7.80. The summed E-state index contributed by atoms with van der Waals surface area (Å²) in [6.07, 6.45) is 4.34. The molecule has 1 atom stereocenters. The maximum Gasteiger partial charge on any atom is 0.222 e. The average molecular weight is 267 g/mol. The van der Waals surface area contributed by atoms with Crippen molar-refractivity contribution in [3.8, 4) is 0 Å². The van der Waals surface area contributed by atoms with E-state index in [1.807, 2.05) is 0 Å². The molecular formula is C15H29N3O. The van der Waals surface area contributed by atoms with E-state index in [1.54, 1.807) is 0 Å². The van der Waals surface area contributed by atoms with Crippen LogP contribution in [0, 0.1) is 0 Å². The summed E-state index contributed by atoms with van der Waals surface area (Å²) in [5.41, 5.74) is 0. The van der Waals surface area contributed by atoms with Crippen molar-refractivity contribution in [1.82, 2.24) is 14.7 Å². The van der Waals surface area contributed by atoms with Gasteiger partial charge in [0.05, 0.1) is 0 Å². The summed E-state index contributed by atoms with van der Waals surface area (Å²) in [5.74, 6) is 0.365. The number of hydrogen-bond acceptors (Lipinski definition) is 3. The van der Waals surface area contributed by atoms with Gasteiger partial charge in [-0.05, 0) is 46.7 Å². The number of piperazine rings is 1. The van der Waals surface area contributed by atoms with Crippen LogP contribution in [0.15, 0.2) is 0 Å². The van der Waals surface area contributed by atoms with Crippen LogP contribution in [-0.2, 0) is 4.79 Å². The summed E-state index contributed by atoms with van der Waals surface area (Å²) in [6, 6.07) is 1.24. The molecule has 0 aromatic carbocycles. The fourth-order valence-corrected chi connectivity index (χ4v) is 3.28. The van der Waals surface area contributed by atoms with Crippen molar-refractivity contribution >= 4 is 5.91 Å². The van der Waals surface area contributed by atoms with Crippen LogP contribution in [-0.4, -0.2) is 72.5 Å². The van der Waals surface area contributed by atoms with Crippen molar-refractivity contribution < 1.29 is 4.79 Å². The molecule has 0 N–H and O–H groups in total. The van der Waals surface area contributed by atoms with E-state index in [2.05, 4.69) is 35.6 Å². The summed E-state index contributed by atoms with van der Waals surface area (Å²) < 4.78 is 0. The molecule has 2 heterocycles. The Balaban J connectivity index is 1.69. The Labute approximate surface area is 117 Å². The molecule has 2 aliphatic rings. The third-order valence-corrected chi connectivity index (χ3v) is 4.76. The fraction of sp³-hybridized carbons (Fsp3) is 0.933. The Hall–Kier alpha value is -0.610. The van der Waals surface area contributed by atoms with Gasteiger partial charge in [-0.3, -0.25) is 9.69 Å². The van der Waals surface area contributed by atoms with Crippen LogP contribution < -0.4 is 0 Å². The molecule has 0 aliphatic carbocycles. The Morgan fingerprint density at radius 1 is 1.16 bits per heavy atom. The third kappa shape index (κ3) is 3.93. The van der Waals surface area contributed by atoms with E-state index in [4.69, 9.17) is 0 Å². The van der Waals surface area contributed by atoms with E-state index < -0.39 is 0 Å². The van der Waals surface area contributed by atoms with Crippen molar-refractivity contribution in [2.45, 2.75) is 51.6 Å². The zero-order valence-electron chi connectivity index (χ0n) is 12.8. The van der Waals surface area contributed by atoms with E-state index in [9.17, 15) is 4.79 Å². The molecule has 0 bridgehead atoms. The number of rotatable bonds is 4. The van der Waals surface area contributed by atoms with E-state index >= 15 is 0 Å². The summed E-state index contributed by atoms with van der Waals surface area (Å²) >= 11 is 0. The number of amides is 1. The predicted octanol–water partition coefficient (Wildman–Crippen LogP) is 1.41. The normalized spacial score (nSPS) is 26.3. The molecule has 0 radical (unpaired) electrons. The van der Waals surface area contributed by atoms with Crippen LogP contribution >= 0.6 is 0 Å². The topological polar surface area (TPSA) is 26.8 Å². The Morgan fingerprint density at radius 2 is 1.84 bits per heavy atom. The van der Waals surface area contributed by atoms with Gasteiger partial charge in [0.15, 0.2) is 0 Å². The molecule has 2 rings (SSSR count). The molecule has 2 aliphatic heterocycles. The van der Waals surface area contributed by atoms with Crippen LogP contribution in [0.1, 0.15) is 39.5 Å².